The first-order valence-electron chi connectivity index (χ1n) is 5.45. The van der Waals surface area contributed by atoms with Gasteiger partial charge in [-0.3, -0.25) is 4.79 Å². The zero-order valence-corrected chi connectivity index (χ0v) is 9.97. The van der Waals surface area contributed by atoms with E-state index in [1.54, 1.807) is 24.4 Å². The van der Waals surface area contributed by atoms with Gasteiger partial charge in [0.2, 0.25) is 0 Å². The monoisotopic (exact) mass is 242 g/mol. The van der Waals surface area contributed by atoms with E-state index in [4.69, 9.17) is 11.5 Å². The second-order valence-corrected chi connectivity index (χ2v) is 4.01. The molecule has 0 saturated carbocycles. The molecule has 0 atom stereocenters. The minimum absolute atomic E-state index is 0.282. The molecule has 0 unspecified atom stereocenters. The molecule has 1 amide bonds. The summed E-state index contributed by atoms with van der Waals surface area (Å²) in [5, 5.41) is 2.72. The molecule has 1 heterocycles. The number of nitrogens with zero attached hydrogens (tertiary/aromatic N) is 1. The number of anilines is 3. The highest BCUT2D eigenvalue weighted by Crippen LogP contribution is 2.16. The highest BCUT2D eigenvalue weighted by molar-refractivity contribution is 6.05. The first kappa shape index (κ1) is 11.9. The van der Waals surface area contributed by atoms with E-state index in [9.17, 15) is 4.79 Å². The van der Waals surface area contributed by atoms with Crippen LogP contribution in [0, 0.1) is 6.92 Å². The van der Waals surface area contributed by atoms with Crippen LogP contribution in [-0.4, -0.2) is 10.9 Å². The number of aryl methyl sites for hydroxylation is 1. The van der Waals surface area contributed by atoms with Gasteiger partial charge < -0.3 is 16.8 Å². The van der Waals surface area contributed by atoms with Crippen LogP contribution in [0.25, 0.3) is 0 Å². The van der Waals surface area contributed by atoms with Gasteiger partial charge in [-0.1, -0.05) is 6.07 Å². The van der Waals surface area contributed by atoms with Crippen LogP contribution in [0.2, 0.25) is 0 Å². The Bertz CT molecular complexity index is 575. The summed E-state index contributed by atoms with van der Waals surface area (Å²) >= 11 is 0. The van der Waals surface area contributed by atoms with Crippen LogP contribution in [0.15, 0.2) is 36.5 Å². The molecule has 1 aromatic heterocycles. The lowest BCUT2D eigenvalue weighted by Crippen LogP contribution is -2.14. The first-order chi connectivity index (χ1) is 8.56. The molecule has 0 bridgehead atoms. The number of hydrogen-bond donors (Lipinski definition) is 3. The zero-order chi connectivity index (χ0) is 13.1. The molecule has 0 aliphatic carbocycles. The van der Waals surface area contributed by atoms with Gasteiger partial charge in [-0.2, -0.15) is 0 Å². The van der Waals surface area contributed by atoms with Crippen molar-refractivity contribution in [2.45, 2.75) is 6.92 Å². The molecule has 92 valence electrons. The SMILES string of the molecule is Cc1cccnc1NC(=O)c1cc(N)cc(N)c1. The lowest BCUT2D eigenvalue weighted by Gasteiger charge is -2.08. The number of amides is 1. The Labute approximate surface area is 105 Å². The van der Waals surface area contributed by atoms with E-state index in [2.05, 4.69) is 10.3 Å². The fourth-order valence-corrected chi connectivity index (χ4v) is 1.60. The first-order valence-corrected chi connectivity index (χ1v) is 5.45. The predicted molar refractivity (Wildman–Crippen MR) is 72.2 cm³/mol. The van der Waals surface area contributed by atoms with Crippen molar-refractivity contribution in [3.63, 3.8) is 0 Å². The van der Waals surface area contributed by atoms with E-state index in [0.717, 1.165) is 5.56 Å². The van der Waals surface area contributed by atoms with E-state index in [0.29, 0.717) is 22.8 Å². The Hall–Kier alpha value is -2.56. The summed E-state index contributed by atoms with van der Waals surface area (Å²) in [5.74, 6) is 0.249. The summed E-state index contributed by atoms with van der Waals surface area (Å²) in [6.45, 7) is 1.87. The molecule has 0 aliphatic rings. The zero-order valence-electron chi connectivity index (χ0n) is 9.97. The van der Waals surface area contributed by atoms with Crippen molar-refractivity contribution >= 4 is 23.1 Å². The van der Waals surface area contributed by atoms with Gasteiger partial charge in [0.15, 0.2) is 0 Å². The highest BCUT2D eigenvalue weighted by Gasteiger charge is 2.09. The van der Waals surface area contributed by atoms with Crippen LogP contribution in [-0.2, 0) is 0 Å². The van der Waals surface area contributed by atoms with Crippen LogP contribution in [0.1, 0.15) is 15.9 Å². The van der Waals surface area contributed by atoms with Crippen LogP contribution < -0.4 is 16.8 Å². The van der Waals surface area contributed by atoms with Gasteiger partial charge in [0.05, 0.1) is 0 Å². The maximum Gasteiger partial charge on any atom is 0.256 e. The van der Waals surface area contributed by atoms with Gasteiger partial charge in [0.25, 0.3) is 5.91 Å². The van der Waals surface area contributed by atoms with Crippen LogP contribution in [0.5, 0.6) is 0 Å². The molecule has 0 spiro atoms. The van der Waals surface area contributed by atoms with E-state index in [-0.39, 0.29) is 5.91 Å². The third-order valence-electron chi connectivity index (χ3n) is 2.48. The molecule has 5 heteroatoms. The van der Waals surface area contributed by atoms with Crippen molar-refractivity contribution in [2.75, 3.05) is 16.8 Å². The van der Waals surface area contributed by atoms with Crippen molar-refractivity contribution < 1.29 is 4.79 Å². The fourth-order valence-electron chi connectivity index (χ4n) is 1.60. The summed E-state index contributed by atoms with van der Waals surface area (Å²) < 4.78 is 0. The summed E-state index contributed by atoms with van der Waals surface area (Å²) in [6.07, 6.45) is 1.62. The number of nitrogen functional groups attached to an aromatic ring is 2. The normalized spacial score (nSPS) is 10.1. The van der Waals surface area contributed by atoms with E-state index < -0.39 is 0 Å². The minimum atomic E-state index is -0.282. The van der Waals surface area contributed by atoms with Crippen molar-refractivity contribution in [3.8, 4) is 0 Å². The van der Waals surface area contributed by atoms with E-state index in [1.807, 2.05) is 19.1 Å². The molecule has 0 radical (unpaired) electrons. The number of carbonyl (C=O) groups excluding carboxylic acids is 1. The van der Waals surface area contributed by atoms with Gasteiger partial charge in [0.1, 0.15) is 5.82 Å². The molecule has 0 aliphatic heterocycles. The summed E-state index contributed by atoms with van der Waals surface area (Å²) in [6, 6.07) is 8.43. The molecule has 2 rings (SSSR count). The maximum absolute atomic E-state index is 12.0. The largest absolute Gasteiger partial charge is 0.399 e. The third kappa shape index (κ3) is 2.57. The van der Waals surface area contributed by atoms with Crippen LogP contribution >= 0.6 is 0 Å². The third-order valence-corrected chi connectivity index (χ3v) is 2.48. The average molecular weight is 242 g/mol. The standard InChI is InChI=1S/C13H14N4O/c1-8-3-2-4-16-12(8)17-13(18)9-5-10(14)7-11(15)6-9/h2-7H,14-15H2,1H3,(H,16,17,18). The summed E-state index contributed by atoms with van der Waals surface area (Å²) in [4.78, 5) is 16.1. The van der Waals surface area contributed by atoms with Crippen LogP contribution in [0.3, 0.4) is 0 Å². The van der Waals surface area contributed by atoms with Gasteiger partial charge in [-0.15, -0.1) is 0 Å². The number of nitrogens with one attached hydrogen (secondary N) is 1. The number of benzene rings is 1. The predicted octanol–water partition coefficient (Wildman–Crippen LogP) is 1.81. The Balaban J connectivity index is 2.25. The van der Waals surface area contributed by atoms with Gasteiger partial charge >= 0.3 is 0 Å². The minimum Gasteiger partial charge on any atom is -0.399 e. The lowest BCUT2D eigenvalue weighted by atomic mass is 10.1. The number of carbonyl (C=O) groups is 1. The van der Waals surface area contributed by atoms with Crippen molar-refractivity contribution in [3.05, 3.63) is 47.7 Å². The second-order valence-electron chi connectivity index (χ2n) is 4.01. The van der Waals surface area contributed by atoms with Crippen LogP contribution in [0.4, 0.5) is 17.2 Å². The number of hydrogen-bond acceptors (Lipinski definition) is 4. The molecule has 0 saturated heterocycles. The van der Waals surface area contributed by atoms with Gasteiger partial charge in [0, 0.05) is 23.1 Å². The molecular weight excluding hydrogens is 228 g/mol. The summed E-state index contributed by atoms with van der Waals surface area (Å²) in [7, 11) is 0. The van der Waals surface area contributed by atoms with Crippen molar-refractivity contribution in [1.82, 2.24) is 4.98 Å². The fraction of sp³-hybridized carbons (Fsp3) is 0.0769. The molecule has 1 aromatic carbocycles. The molecule has 5 nitrogen and oxygen atoms in total. The second kappa shape index (κ2) is 4.75. The van der Waals surface area contributed by atoms with Gasteiger partial charge in [-0.05, 0) is 36.8 Å². The Morgan fingerprint density at radius 1 is 1.22 bits per heavy atom. The van der Waals surface area contributed by atoms with Gasteiger partial charge in [-0.25, -0.2) is 4.98 Å². The average Bonchev–Trinajstić information content (AvgIpc) is 2.31. The number of pyridine rings is 1. The Morgan fingerprint density at radius 2 is 1.89 bits per heavy atom. The molecular formula is C13H14N4O. The smallest absolute Gasteiger partial charge is 0.256 e. The molecule has 2 aromatic rings. The number of rotatable bonds is 2. The summed E-state index contributed by atoms with van der Waals surface area (Å²) in [5.41, 5.74) is 13.5. The van der Waals surface area contributed by atoms with Crippen molar-refractivity contribution in [1.29, 1.82) is 0 Å². The highest BCUT2D eigenvalue weighted by atomic mass is 16.1. The van der Waals surface area contributed by atoms with E-state index >= 15 is 0 Å². The number of aromatic nitrogens is 1. The number of nitrogens with two attached hydrogens (primary N) is 2. The molecule has 0 fully saturated rings. The topological polar surface area (TPSA) is 94.0 Å². The lowest BCUT2D eigenvalue weighted by molar-refractivity contribution is 0.102. The van der Waals surface area contributed by atoms with Crippen molar-refractivity contribution in [2.24, 2.45) is 0 Å². The Kier molecular flexibility index (Phi) is 3.14. The van der Waals surface area contributed by atoms with E-state index in [1.165, 1.54) is 0 Å². The quantitative estimate of drug-likeness (QED) is 0.700. The Morgan fingerprint density at radius 3 is 2.50 bits per heavy atom. The maximum atomic E-state index is 12.0. The molecule has 5 N–H and O–H groups in total. The molecule has 18 heavy (non-hydrogen) atoms.